The molecule has 1 aromatic rings. The SMILES string of the molecule is CCS[C@@H]1CC[C@H](N(C)Cc2cnc(C)cn2)C1. The minimum Gasteiger partial charge on any atom is -0.297 e. The summed E-state index contributed by atoms with van der Waals surface area (Å²) in [5.41, 5.74) is 2.07. The Labute approximate surface area is 114 Å². The smallest absolute Gasteiger partial charge is 0.0727 e. The van der Waals surface area contributed by atoms with E-state index in [1.54, 1.807) is 0 Å². The van der Waals surface area contributed by atoms with Gasteiger partial charge in [-0.2, -0.15) is 11.8 Å². The molecule has 0 bridgehead atoms. The van der Waals surface area contributed by atoms with Crippen molar-refractivity contribution in [1.82, 2.24) is 14.9 Å². The Kier molecular flexibility index (Phi) is 5.01. The number of hydrogen-bond acceptors (Lipinski definition) is 4. The molecule has 0 N–H and O–H groups in total. The van der Waals surface area contributed by atoms with Gasteiger partial charge in [-0.3, -0.25) is 14.9 Å². The zero-order valence-corrected chi connectivity index (χ0v) is 12.4. The van der Waals surface area contributed by atoms with Gasteiger partial charge in [0, 0.05) is 30.2 Å². The third-order valence-electron chi connectivity index (χ3n) is 3.63. The summed E-state index contributed by atoms with van der Waals surface area (Å²) in [5.74, 6) is 1.24. The number of thioether (sulfide) groups is 1. The van der Waals surface area contributed by atoms with Crippen LogP contribution >= 0.6 is 11.8 Å². The number of hydrogen-bond donors (Lipinski definition) is 0. The first-order chi connectivity index (χ1) is 8.69. The van der Waals surface area contributed by atoms with E-state index in [2.05, 4.69) is 40.6 Å². The largest absolute Gasteiger partial charge is 0.297 e. The van der Waals surface area contributed by atoms with Crippen LogP contribution in [0, 0.1) is 6.92 Å². The molecule has 0 aliphatic heterocycles. The van der Waals surface area contributed by atoms with Crippen molar-refractivity contribution in [1.29, 1.82) is 0 Å². The van der Waals surface area contributed by atoms with Gasteiger partial charge in [0.05, 0.1) is 11.4 Å². The van der Waals surface area contributed by atoms with Crippen LogP contribution in [0.4, 0.5) is 0 Å². The highest BCUT2D eigenvalue weighted by Gasteiger charge is 2.27. The summed E-state index contributed by atoms with van der Waals surface area (Å²) in [5, 5.41) is 0.867. The molecule has 4 heteroatoms. The molecule has 1 heterocycles. The first kappa shape index (κ1) is 13.8. The normalized spacial score (nSPS) is 23.8. The second-order valence-corrected chi connectivity index (χ2v) is 6.69. The molecule has 0 radical (unpaired) electrons. The van der Waals surface area contributed by atoms with Crippen molar-refractivity contribution in [3.8, 4) is 0 Å². The average Bonchev–Trinajstić information content (AvgIpc) is 2.81. The van der Waals surface area contributed by atoms with Gasteiger partial charge < -0.3 is 0 Å². The summed E-state index contributed by atoms with van der Waals surface area (Å²) < 4.78 is 0. The van der Waals surface area contributed by atoms with Crippen molar-refractivity contribution < 1.29 is 0 Å². The average molecular weight is 265 g/mol. The summed E-state index contributed by atoms with van der Waals surface area (Å²) in [6.45, 7) is 5.15. The monoisotopic (exact) mass is 265 g/mol. The van der Waals surface area contributed by atoms with Gasteiger partial charge in [-0.25, -0.2) is 0 Å². The van der Waals surface area contributed by atoms with Crippen LogP contribution in [0.1, 0.15) is 37.6 Å². The highest BCUT2D eigenvalue weighted by atomic mass is 32.2. The highest BCUT2D eigenvalue weighted by Crippen LogP contribution is 2.32. The third kappa shape index (κ3) is 3.69. The molecule has 1 aliphatic rings. The standard InChI is InChI=1S/C14H23N3S/c1-4-18-14-6-5-13(7-14)17(3)10-12-9-15-11(2)8-16-12/h8-9,13-14H,4-7,10H2,1-3H3/t13-,14+/m0/s1. The molecule has 2 rings (SSSR count). The maximum atomic E-state index is 4.44. The number of nitrogens with zero attached hydrogens (tertiary/aromatic N) is 3. The molecule has 3 nitrogen and oxygen atoms in total. The maximum Gasteiger partial charge on any atom is 0.0727 e. The van der Waals surface area contributed by atoms with E-state index in [4.69, 9.17) is 0 Å². The van der Waals surface area contributed by atoms with Gasteiger partial charge in [-0.15, -0.1) is 0 Å². The first-order valence-corrected chi connectivity index (χ1v) is 7.83. The molecule has 1 saturated carbocycles. The molecule has 2 atom stereocenters. The van der Waals surface area contributed by atoms with Crippen molar-refractivity contribution in [2.75, 3.05) is 12.8 Å². The Morgan fingerprint density at radius 1 is 1.33 bits per heavy atom. The fraction of sp³-hybridized carbons (Fsp3) is 0.714. The van der Waals surface area contributed by atoms with Crippen LogP contribution in [0.5, 0.6) is 0 Å². The molecule has 1 aliphatic carbocycles. The van der Waals surface area contributed by atoms with Crippen LogP contribution in [-0.2, 0) is 6.54 Å². The van der Waals surface area contributed by atoms with E-state index in [-0.39, 0.29) is 0 Å². The van der Waals surface area contributed by atoms with Gasteiger partial charge in [0.1, 0.15) is 0 Å². The zero-order valence-electron chi connectivity index (χ0n) is 11.6. The highest BCUT2D eigenvalue weighted by molar-refractivity contribution is 7.99. The lowest BCUT2D eigenvalue weighted by Gasteiger charge is -2.23. The molecule has 0 aromatic carbocycles. The fourth-order valence-electron chi connectivity index (χ4n) is 2.59. The molecule has 0 spiro atoms. The van der Waals surface area contributed by atoms with Crippen LogP contribution in [0.15, 0.2) is 12.4 Å². The Morgan fingerprint density at radius 3 is 2.83 bits per heavy atom. The summed E-state index contributed by atoms with van der Waals surface area (Å²) in [6.07, 6.45) is 7.78. The molecule has 0 unspecified atom stereocenters. The van der Waals surface area contributed by atoms with Crippen LogP contribution < -0.4 is 0 Å². The molecule has 18 heavy (non-hydrogen) atoms. The van der Waals surface area contributed by atoms with Gasteiger partial charge in [-0.1, -0.05) is 6.92 Å². The van der Waals surface area contributed by atoms with Crippen LogP contribution in [0.25, 0.3) is 0 Å². The summed E-state index contributed by atoms with van der Waals surface area (Å²) in [4.78, 5) is 11.2. The Balaban J connectivity index is 1.85. The van der Waals surface area contributed by atoms with Crippen molar-refractivity contribution in [3.63, 3.8) is 0 Å². The van der Waals surface area contributed by atoms with E-state index in [0.717, 1.165) is 29.2 Å². The maximum absolute atomic E-state index is 4.44. The molecular weight excluding hydrogens is 242 g/mol. The van der Waals surface area contributed by atoms with E-state index < -0.39 is 0 Å². The summed E-state index contributed by atoms with van der Waals surface area (Å²) in [6, 6.07) is 0.720. The Hall–Kier alpha value is -0.610. The summed E-state index contributed by atoms with van der Waals surface area (Å²) >= 11 is 2.11. The predicted octanol–water partition coefficient (Wildman–Crippen LogP) is 2.89. The van der Waals surface area contributed by atoms with Gasteiger partial charge in [0.15, 0.2) is 0 Å². The van der Waals surface area contributed by atoms with Gasteiger partial charge in [0.25, 0.3) is 0 Å². The van der Waals surface area contributed by atoms with E-state index in [1.165, 1.54) is 25.0 Å². The topological polar surface area (TPSA) is 29.0 Å². The predicted molar refractivity (Wildman–Crippen MR) is 77.8 cm³/mol. The second-order valence-electron chi connectivity index (χ2n) is 5.11. The van der Waals surface area contributed by atoms with Crippen LogP contribution in [0.3, 0.4) is 0 Å². The lowest BCUT2D eigenvalue weighted by Crippen LogP contribution is -2.29. The molecule has 0 saturated heterocycles. The number of aromatic nitrogens is 2. The first-order valence-electron chi connectivity index (χ1n) is 6.78. The fourth-order valence-corrected chi connectivity index (χ4v) is 3.72. The van der Waals surface area contributed by atoms with E-state index >= 15 is 0 Å². The Morgan fingerprint density at radius 2 is 2.17 bits per heavy atom. The molecule has 0 amide bonds. The second kappa shape index (κ2) is 6.53. The van der Waals surface area contributed by atoms with Crippen molar-refractivity contribution in [3.05, 3.63) is 23.8 Å². The van der Waals surface area contributed by atoms with Crippen molar-refractivity contribution in [2.45, 2.75) is 50.9 Å². The molecule has 1 aromatic heterocycles. The lowest BCUT2D eigenvalue weighted by molar-refractivity contribution is 0.235. The number of rotatable bonds is 5. The minimum atomic E-state index is 0.720. The van der Waals surface area contributed by atoms with Gasteiger partial charge in [-0.05, 0) is 39.0 Å². The van der Waals surface area contributed by atoms with E-state index in [9.17, 15) is 0 Å². The zero-order chi connectivity index (χ0) is 13.0. The third-order valence-corrected chi connectivity index (χ3v) is 4.86. The van der Waals surface area contributed by atoms with Crippen LogP contribution in [0.2, 0.25) is 0 Å². The van der Waals surface area contributed by atoms with Crippen LogP contribution in [-0.4, -0.2) is 39.0 Å². The van der Waals surface area contributed by atoms with Crippen molar-refractivity contribution in [2.24, 2.45) is 0 Å². The van der Waals surface area contributed by atoms with E-state index in [0.29, 0.717) is 0 Å². The van der Waals surface area contributed by atoms with E-state index in [1.807, 2.05) is 19.3 Å². The van der Waals surface area contributed by atoms with Gasteiger partial charge >= 0.3 is 0 Å². The molecule has 100 valence electrons. The minimum absolute atomic E-state index is 0.720. The quantitative estimate of drug-likeness (QED) is 0.818. The number of aryl methyl sites for hydroxylation is 1. The van der Waals surface area contributed by atoms with Crippen molar-refractivity contribution >= 4 is 11.8 Å². The lowest BCUT2D eigenvalue weighted by atomic mass is 10.2. The molecular formula is C14H23N3S. The Bertz CT molecular complexity index is 366. The molecule has 1 fully saturated rings. The van der Waals surface area contributed by atoms with Gasteiger partial charge in [0.2, 0.25) is 0 Å². The summed E-state index contributed by atoms with van der Waals surface area (Å²) in [7, 11) is 2.21.